The minimum absolute atomic E-state index is 0.0949. The zero-order chi connectivity index (χ0) is 20.9. The quantitative estimate of drug-likeness (QED) is 0.672. The fourth-order valence-electron chi connectivity index (χ4n) is 4.19. The lowest BCUT2D eigenvalue weighted by Crippen LogP contribution is -2.55. The van der Waals surface area contributed by atoms with Crippen molar-refractivity contribution in [2.45, 2.75) is 38.1 Å². The van der Waals surface area contributed by atoms with Gasteiger partial charge in [-0.05, 0) is 37.0 Å². The standard InChI is InChI=1S/C21H31N7O2/c1-16-14-26(9-8-18(16)22-23-19-6-3-7-20(29)25-24-19)15-21(30)28-12-10-27(11-13-28)17-4-2-5-17/h6-7,17,23,29H,1-5,8-15H2/b22-18-. The van der Waals surface area contributed by atoms with E-state index in [0.717, 1.165) is 56.5 Å². The van der Waals surface area contributed by atoms with Crippen molar-refractivity contribution in [2.75, 3.05) is 45.8 Å². The second kappa shape index (κ2) is 9.53. The molecule has 3 fully saturated rings. The average Bonchev–Trinajstić information content (AvgIpc) is 2.91. The first-order chi connectivity index (χ1) is 14.6. The molecule has 0 spiro atoms. The van der Waals surface area contributed by atoms with Gasteiger partial charge in [0.15, 0.2) is 5.82 Å². The second-order valence-electron chi connectivity index (χ2n) is 8.32. The molecule has 0 aromatic rings. The predicted molar refractivity (Wildman–Crippen MR) is 115 cm³/mol. The summed E-state index contributed by atoms with van der Waals surface area (Å²) in [7, 11) is 0. The van der Waals surface area contributed by atoms with Crippen molar-refractivity contribution in [1.82, 2.24) is 20.1 Å². The lowest BCUT2D eigenvalue weighted by molar-refractivity contribution is -0.134. The molecular weight excluding hydrogens is 382 g/mol. The van der Waals surface area contributed by atoms with Crippen molar-refractivity contribution < 1.29 is 9.90 Å². The number of hydrazone groups is 1. The molecular formula is C21H31N7O2. The van der Waals surface area contributed by atoms with Crippen LogP contribution in [0.5, 0.6) is 0 Å². The molecule has 1 saturated carbocycles. The highest BCUT2D eigenvalue weighted by Gasteiger charge is 2.30. The van der Waals surface area contributed by atoms with Crippen molar-refractivity contribution in [3.63, 3.8) is 0 Å². The van der Waals surface area contributed by atoms with E-state index < -0.39 is 0 Å². The number of carbonyl (C=O) groups is 1. The van der Waals surface area contributed by atoms with Crippen LogP contribution in [-0.4, -0.2) is 83.3 Å². The van der Waals surface area contributed by atoms with Crippen LogP contribution in [0.1, 0.15) is 32.1 Å². The van der Waals surface area contributed by atoms with Crippen molar-refractivity contribution in [3.8, 4) is 0 Å². The molecule has 0 radical (unpaired) electrons. The maximum Gasteiger partial charge on any atom is 0.236 e. The lowest BCUT2D eigenvalue weighted by atomic mass is 9.91. The van der Waals surface area contributed by atoms with Gasteiger partial charge in [-0.1, -0.05) is 13.0 Å². The van der Waals surface area contributed by atoms with E-state index in [0.29, 0.717) is 25.3 Å². The Morgan fingerprint density at radius 3 is 2.70 bits per heavy atom. The number of carbonyl (C=O) groups excluding carboxylic acids is 1. The van der Waals surface area contributed by atoms with Gasteiger partial charge in [0.1, 0.15) is 0 Å². The zero-order valence-corrected chi connectivity index (χ0v) is 17.5. The molecule has 2 saturated heterocycles. The number of aliphatic hydroxyl groups excluding tert-OH is 1. The molecule has 30 heavy (non-hydrogen) atoms. The fourth-order valence-corrected chi connectivity index (χ4v) is 4.19. The van der Waals surface area contributed by atoms with Gasteiger partial charge in [0.2, 0.25) is 11.8 Å². The van der Waals surface area contributed by atoms with Gasteiger partial charge in [-0.3, -0.25) is 20.0 Å². The molecule has 9 nitrogen and oxygen atoms in total. The molecule has 0 atom stereocenters. The number of rotatable bonds is 5. The highest BCUT2D eigenvalue weighted by atomic mass is 16.3. The molecule has 0 aromatic heterocycles. The summed E-state index contributed by atoms with van der Waals surface area (Å²) in [6.07, 6.45) is 8.64. The second-order valence-corrected chi connectivity index (χ2v) is 8.32. The first kappa shape index (κ1) is 20.7. The summed E-state index contributed by atoms with van der Waals surface area (Å²) in [5.41, 5.74) is 4.68. The third kappa shape index (κ3) is 5.14. The molecule has 3 heterocycles. The summed E-state index contributed by atoms with van der Waals surface area (Å²) in [6.45, 7) is 9.68. The highest BCUT2D eigenvalue weighted by molar-refractivity contribution is 6.00. The summed E-state index contributed by atoms with van der Waals surface area (Å²) in [4.78, 5) is 19.4. The van der Waals surface area contributed by atoms with E-state index in [1.54, 1.807) is 12.2 Å². The van der Waals surface area contributed by atoms with Crippen molar-refractivity contribution >= 4 is 11.6 Å². The monoisotopic (exact) mass is 413 g/mol. The molecule has 162 valence electrons. The van der Waals surface area contributed by atoms with Crippen LogP contribution in [0, 0.1) is 0 Å². The first-order valence-electron chi connectivity index (χ1n) is 10.8. The smallest absolute Gasteiger partial charge is 0.236 e. The number of aliphatic hydroxyl groups is 1. The summed E-state index contributed by atoms with van der Waals surface area (Å²) < 4.78 is 0. The van der Waals surface area contributed by atoms with Gasteiger partial charge in [0.05, 0.1) is 12.3 Å². The van der Waals surface area contributed by atoms with E-state index >= 15 is 0 Å². The van der Waals surface area contributed by atoms with E-state index in [4.69, 9.17) is 0 Å². The zero-order valence-electron chi connectivity index (χ0n) is 17.5. The fraction of sp³-hybridized carbons (Fsp3) is 0.619. The molecule has 9 heteroatoms. The number of piperidine rings is 1. The van der Waals surface area contributed by atoms with Gasteiger partial charge in [-0.2, -0.15) is 5.10 Å². The van der Waals surface area contributed by atoms with Gasteiger partial charge >= 0.3 is 0 Å². The third-order valence-electron chi connectivity index (χ3n) is 6.28. The largest absolute Gasteiger partial charge is 0.492 e. The first-order valence-corrected chi connectivity index (χ1v) is 10.8. The van der Waals surface area contributed by atoms with Crippen LogP contribution < -0.4 is 5.43 Å². The van der Waals surface area contributed by atoms with Crippen molar-refractivity contribution in [2.24, 2.45) is 15.3 Å². The van der Waals surface area contributed by atoms with Crippen LogP contribution in [0.15, 0.2) is 51.3 Å². The Hall–Kier alpha value is -2.52. The van der Waals surface area contributed by atoms with Crippen LogP contribution in [0.25, 0.3) is 0 Å². The van der Waals surface area contributed by atoms with Gasteiger partial charge < -0.3 is 10.0 Å². The summed E-state index contributed by atoms with van der Waals surface area (Å²) in [5, 5.41) is 21.3. The van der Waals surface area contributed by atoms with E-state index in [1.165, 1.54) is 19.3 Å². The molecule has 0 aromatic carbocycles. The molecule has 1 amide bonds. The molecule has 4 aliphatic rings. The minimum atomic E-state index is -0.0949. The molecule has 2 N–H and O–H groups in total. The molecule has 1 aliphatic carbocycles. The SMILES string of the molecule is C=C1CN(CC(=O)N2CCN(C3CCC3)CC2)CC/C1=N/NC1=CCC=C(O)N=N1. The Morgan fingerprint density at radius 2 is 2.00 bits per heavy atom. The number of hydrogen-bond donors (Lipinski definition) is 2. The topological polar surface area (TPSA) is 96.1 Å². The molecule has 0 bridgehead atoms. The van der Waals surface area contributed by atoms with E-state index in [9.17, 15) is 9.90 Å². The summed E-state index contributed by atoms with van der Waals surface area (Å²) >= 11 is 0. The van der Waals surface area contributed by atoms with Crippen molar-refractivity contribution in [1.29, 1.82) is 0 Å². The van der Waals surface area contributed by atoms with Crippen LogP contribution in [0.3, 0.4) is 0 Å². The maximum atomic E-state index is 12.7. The Bertz CT molecular complexity index is 789. The Morgan fingerprint density at radius 1 is 1.20 bits per heavy atom. The van der Waals surface area contributed by atoms with Crippen LogP contribution in [0.2, 0.25) is 0 Å². The molecule has 4 rings (SSSR count). The normalized spacial score (nSPS) is 25.5. The van der Waals surface area contributed by atoms with Crippen LogP contribution in [-0.2, 0) is 4.79 Å². The van der Waals surface area contributed by atoms with E-state index in [2.05, 4.69) is 37.1 Å². The Kier molecular flexibility index (Phi) is 6.59. The number of piperazine rings is 1. The number of nitrogens with zero attached hydrogens (tertiary/aromatic N) is 6. The summed E-state index contributed by atoms with van der Waals surface area (Å²) in [6, 6.07) is 0.760. The molecule has 0 unspecified atom stereocenters. The van der Waals surface area contributed by atoms with Gasteiger partial charge in [0, 0.05) is 51.7 Å². The molecule has 3 aliphatic heterocycles. The minimum Gasteiger partial charge on any atom is -0.492 e. The number of azo groups is 1. The highest BCUT2D eigenvalue weighted by Crippen LogP contribution is 2.25. The number of hydrogen-bond acceptors (Lipinski definition) is 8. The third-order valence-corrected chi connectivity index (χ3v) is 6.28. The Labute approximate surface area is 177 Å². The summed E-state index contributed by atoms with van der Waals surface area (Å²) in [5.74, 6) is 0.614. The number of amides is 1. The van der Waals surface area contributed by atoms with Gasteiger partial charge in [-0.15, -0.1) is 10.2 Å². The average molecular weight is 414 g/mol. The number of nitrogens with one attached hydrogen (secondary N) is 1. The number of likely N-dealkylation sites (tertiary alicyclic amines) is 1. The van der Waals surface area contributed by atoms with Crippen LogP contribution >= 0.6 is 0 Å². The van der Waals surface area contributed by atoms with Gasteiger partial charge in [0.25, 0.3) is 0 Å². The lowest BCUT2D eigenvalue weighted by Gasteiger charge is -2.43. The van der Waals surface area contributed by atoms with E-state index in [1.807, 2.05) is 4.90 Å². The van der Waals surface area contributed by atoms with E-state index in [-0.39, 0.29) is 11.8 Å². The van der Waals surface area contributed by atoms with Crippen molar-refractivity contribution in [3.05, 3.63) is 36.0 Å². The predicted octanol–water partition coefficient (Wildman–Crippen LogP) is 1.99. The maximum absolute atomic E-state index is 12.7. The Balaban J connectivity index is 1.21. The number of allylic oxidation sites excluding steroid dienone is 2. The van der Waals surface area contributed by atoms with Gasteiger partial charge in [-0.25, -0.2) is 0 Å². The van der Waals surface area contributed by atoms with Crippen LogP contribution in [0.4, 0.5) is 0 Å².